The second-order valence-corrected chi connectivity index (χ2v) is 4.23. The number of aromatic nitrogens is 1. The van der Waals surface area contributed by atoms with Gasteiger partial charge in [0.25, 0.3) is 0 Å². The van der Waals surface area contributed by atoms with Gasteiger partial charge in [-0.1, -0.05) is 17.7 Å². The summed E-state index contributed by atoms with van der Waals surface area (Å²) in [6, 6.07) is 9.47. The molecule has 0 spiro atoms. The largest absolute Gasteiger partial charge is 0.488 e. The lowest BCUT2D eigenvalue weighted by molar-refractivity contribution is 0.256. The maximum absolute atomic E-state index is 9.32. The van der Waals surface area contributed by atoms with E-state index in [2.05, 4.69) is 4.98 Å². The van der Waals surface area contributed by atoms with Crippen LogP contribution in [0.1, 0.15) is 16.7 Å². The summed E-state index contributed by atoms with van der Waals surface area (Å²) in [5.74, 6) is 1.24. The number of rotatable bonds is 5. The first-order valence-electron chi connectivity index (χ1n) is 6.05. The van der Waals surface area contributed by atoms with Crippen LogP contribution in [0.2, 0.25) is 0 Å². The molecule has 1 aromatic heterocycles. The van der Waals surface area contributed by atoms with Crippen LogP contribution in [-0.4, -0.2) is 17.2 Å². The summed E-state index contributed by atoms with van der Waals surface area (Å²) >= 11 is 0. The van der Waals surface area contributed by atoms with Gasteiger partial charge < -0.3 is 14.6 Å². The summed E-state index contributed by atoms with van der Waals surface area (Å²) in [7, 11) is 1.58. The van der Waals surface area contributed by atoms with E-state index in [1.54, 1.807) is 13.3 Å². The highest BCUT2D eigenvalue weighted by Gasteiger charge is 2.07. The normalized spacial score (nSPS) is 10.3. The zero-order valence-electron chi connectivity index (χ0n) is 11.1. The van der Waals surface area contributed by atoms with Crippen LogP contribution in [0.15, 0.2) is 36.5 Å². The standard InChI is InChI=1S/C15H17NO3/c1-11-5-6-14(13(8-11)9-17)19-10-12-4-3-7-16-15(12)18-2/h3-8,17H,9-10H2,1-2H3. The molecule has 0 saturated carbocycles. The summed E-state index contributed by atoms with van der Waals surface area (Å²) < 4.78 is 10.9. The fraction of sp³-hybridized carbons (Fsp3) is 0.267. The molecule has 19 heavy (non-hydrogen) atoms. The molecular weight excluding hydrogens is 242 g/mol. The highest BCUT2D eigenvalue weighted by atomic mass is 16.5. The molecule has 4 heteroatoms. The van der Waals surface area contributed by atoms with Crippen molar-refractivity contribution in [2.45, 2.75) is 20.1 Å². The smallest absolute Gasteiger partial charge is 0.219 e. The Bertz CT molecular complexity index is 555. The van der Waals surface area contributed by atoms with Crippen LogP contribution >= 0.6 is 0 Å². The van der Waals surface area contributed by atoms with Crippen LogP contribution in [0.4, 0.5) is 0 Å². The van der Waals surface area contributed by atoms with Gasteiger partial charge in [0, 0.05) is 11.8 Å². The minimum absolute atomic E-state index is 0.0405. The Morgan fingerprint density at radius 3 is 2.79 bits per heavy atom. The van der Waals surface area contributed by atoms with E-state index in [4.69, 9.17) is 9.47 Å². The number of nitrogens with zero attached hydrogens (tertiary/aromatic N) is 1. The second-order valence-electron chi connectivity index (χ2n) is 4.23. The lowest BCUT2D eigenvalue weighted by Gasteiger charge is -2.12. The minimum atomic E-state index is -0.0405. The molecule has 100 valence electrons. The first-order valence-corrected chi connectivity index (χ1v) is 6.05. The fourth-order valence-corrected chi connectivity index (χ4v) is 1.85. The maximum atomic E-state index is 9.32. The van der Waals surface area contributed by atoms with Gasteiger partial charge in [-0.05, 0) is 25.1 Å². The van der Waals surface area contributed by atoms with E-state index >= 15 is 0 Å². The van der Waals surface area contributed by atoms with Crippen molar-refractivity contribution in [2.24, 2.45) is 0 Å². The molecule has 0 atom stereocenters. The Hall–Kier alpha value is -2.07. The number of benzene rings is 1. The van der Waals surface area contributed by atoms with Gasteiger partial charge in [-0.15, -0.1) is 0 Å². The van der Waals surface area contributed by atoms with Gasteiger partial charge in [0.1, 0.15) is 12.4 Å². The first-order chi connectivity index (χ1) is 9.24. The third kappa shape index (κ3) is 3.23. The van der Waals surface area contributed by atoms with Gasteiger partial charge in [0.05, 0.1) is 19.3 Å². The summed E-state index contributed by atoms with van der Waals surface area (Å²) in [6.45, 7) is 2.29. The van der Waals surface area contributed by atoms with Crippen molar-refractivity contribution in [3.8, 4) is 11.6 Å². The molecule has 0 unspecified atom stereocenters. The molecule has 4 nitrogen and oxygen atoms in total. The van der Waals surface area contributed by atoms with Crippen molar-refractivity contribution in [2.75, 3.05) is 7.11 Å². The lowest BCUT2D eigenvalue weighted by Crippen LogP contribution is -2.02. The molecule has 0 radical (unpaired) electrons. The van der Waals surface area contributed by atoms with Crippen molar-refractivity contribution in [3.05, 3.63) is 53.2 Å². The van der Waals surface area contributed by atoms with Crippen molar-refractivity contribution in [3.63, 3.8) is 0 Å². The molecule has 2 aromatic rings. The van der Waals surface area contributed by atoms with Crippen molar-refractivity contribution in [1.82, 2.24) is 4.98 Å². The monoisotopic (exact) mass is 259 g/mol. The zero-order chi connectivity index (χ0) is 13.7. The van der Waals surface area contributed by atoms with E-state index in [9.17, 15) is 5.11 Å². The van der Waals surface area contributed by atoms with Crippen LogP contribution < -0.4 is 9.47 Å². The molecule has 1 N–H and O–H groups in total. The molecule has 0 saturated heterocycles. The third-order valence-corrected chi connectivity index (χ3v) is 2.81. The van der Waals surface area contributed by atoms with Crippen molar-refractivity contribution < 1.29 is 14.6 Å². The van der Waals surface area contributed by atoms with E-state index in [0.717, 1.165) is 16.7 Å². The number of hydrogen-bond donors (Lipinski definition) is 1. The quantitative estimate of drug-likeness (QED) is 0.896. The maximum Gasteiger partial charge on any atom is 0.219 e. The molecule has 0 aliphatic rings. The number of aryl methyl sites for hydroxylation is 1. The predicted molar refractivity (Wildman–Crippen MR) is 72.2 cm³/mol. The van der Waals surface area contributed by atoms with Crippen LogP contribution in [0.3, 0.4) is 0 Å². The summed E-state index contributed by atoms with van der Waals surface area (Å²) in [6.07, 6.45) is 1.67. The van der Waals surface area contributed by atoms with E-state index in [1.807, 2.05) is 37.3 Å². The Balaban J connectivity index is 2.14. The Labute approximate surface area is 112 Å². The first kappa shape index (κ1) is 13.4. The molecule has 1 heterocycles. The van der Waals surface area contributed by atoms with E-state index in [-0.39, 0.29) is 6.61 Å². The minimum Gasteiger partial charge on any atom is -0.488 e. The predicted octanol–water partition coefficient (Wildman–Crippen LogP) is 2.47. The average molecular weight is 259 g/mol. The van der Waals surface area contributed by atoms with Crippen LogP contribution in [0.25, 0.3) is 0 Å². The van der Waals surface area contributed by atoms with E-state index in [1.165, 1.54) is 0 Å². The van der Waals surface area contributed by atoms with E-state index in [0.29, 0.717) is 18.2 Å². The molecule has 1 aromatic carbocycles. The Morgan fingerprint density at radius 1 is 1.21 bits per heavy atom. The van der Waals surface area contributed by atoms with Gasteiger partial charge in [-0.3, -0.25) is 0 Å². The number of pyridine rings is 1. The number of aliphatic hydroxyl groups is 1. The lowest BCUT2D eigenvalue weighted by atomic mass is 10.1. The molecule has 2 rings (SSSR count). The van der Waals surface area contributed by atoms with Crippen LogP contribution in [0, 0.1) is 6.92 Å². The van der Waals surface area contributed by atoms with Gasteiger partial charge in [0.2, 0.25) is 5.88 Å². The number of hydrogen-bond acceptors (Lipinski definition) is 4. The van der Waals surface area contributed by atoms with Crippen molar-refractivity contribution >= 4 is 0 Å². The molecule has 0 bridgehead atoms. The Kier molecular flexibility index (Phi) is 4.36. The average Bonchev–Trinajstić information content (AvgIpc) is 2.46. The summed E-state index contributed by atoms with van der Waals surface area (Å²) in [5, 5.41) is 9.32. The number of methoxy groups -OCH3 is 1. The second kappa shape index (κ2) is 6.20. The highest BCUT2D eigenvalue weighted by molar-refractivity contribution is 5.37. The fourth-order valence-electron chi connectivity index (χ4n) is 1.85. The van der Waals surface area contributed by atoms with Crippen molar-refractivity contribution in [1.29, 1.82) is 0 Å². The van der Waals surface area contributed by atoms with E-state index < -0.39 is 0 Å². The van der Waals surface area contributed by atoms with Gasteiger partial charge >= 0.3 is 0 Å². The Morgan fingerprint density at radius 2 is 2.05 bits per heavy atom. The van der Waals surface area contributed by atoms with Gasteiger partial charge in [0.15, 0.2) is 0 Å². The number of ether oxygens (including phenoxy) is 2. The zero-order valence-corrected chi connectivity index (χ0v) is 11.1. The topological polar surface area (TPSA) is 51.6 Å². The summed E-state index contributed by atoms with van der Waals surface area (Å²) in [5.41, 5.74) is 2.74. The molecule has 0 aliphatic carbocycles. The van der Waals surface area contributed by atoms with Crippen LogP contribution in [0.5, 0.6) is 11.6 Å². The third-order valence-electron chi connectivity index (χ3n) is 2.81. The highest BCUT2D eigenvalue weighted by Crippen LogP contribution is 2.23. The summed E-state index contributed by atoms with van der Waals surface area (Å²) in [4.78, 5) is 4.11. The SMILES string of the molecule is COc1ncccc1COc1ccc(C)cc1CO. The molecule has 0 aliphatic heterocycles. The number of aliphatic hydroxyl groups excluding tert-OH is 1. The molecular formula is C15H17NO3. The molecule has 0 amide bonds. The van der Waals surface area contributed by atoms with Gasteiger partial charge in [-0.25, -0.2) is 4.98 Å². The molecule has 0 fully saturated rings. The van der Waals surface area contributed by atoms with Crippen LogP contribution in [-0.2, 0) is 13.2 Å². The van der Waals surface area contributed by atoms with Gasteiger partial charge in [-0.2, -0.15) is 0 Å².